The van der Waals surface area contributed by atoms with E-state index in [2.05, 4.69) is 0 Å². The van der Waals surface area contributed by atoms with Gasteiger partial charge in [0.1, 0.15) is 0 Å². The monoisotopic (exact) mass is 244 g/mol. The highest BCUT2D eigenvalue weighted by atomic mass is 35.5. The van der Waals surface area contributed by atoms with E-state index in [0.29, 0.717) is 0 Å². The summed E-state index contributed by atoms with van der Waals surface area (Å²) in [5.74, 6) is -2.76. The van der Waals surface area contributed by atoms with E-state index in [0.717, 1.165) is 0 Å². The first-order chi connectivity index (χ1) is 5.77. The molecule has 0 atom stereocenters. The van der Waals surface area contributed by atoms with E-state index in [1.165, 1.54) is 0 Å². The van der Waals surface area contributed by atoms with Crippen LogP contribution in [0, 0.1) is 0 Å². The van der Waals surface area contributed by atoms with Gasteiger partial charge in [-0.3, -0.25) is 0 Å². The topological polar surface area (TPSA) is 57.5 Å². The van der Waals surface area contributed by atoms with Crippen molar-refractivity contribution >= 4 is 29.2 Å². The molecule has 0 aliphatic heterocycles. The van der Waals surface area contributed by atoms with Gasteiger partial charge in [-0.2, -0.15) is 13.2 Å². The summed E-state index contributed by atoms with van der Waals surface area (Å²) in [6, 6.07) is 0. The van der Waals surface area contributed by atoms with Crippen molar-refractivity contribution in [3.05, 3.63) is 0 Å². The van der Waals surface area contributed by atoms with Crippen molar-refractivity contribution in [3.8, 4) is 0 Å². The molecule has 3 nitrogen and oxygen atoms in total. The molecular formula is C5H9Cl2F3O3. The number of aliphatic hydroxyl groups is 1. The summed E-state index contributed by atoms with van der Waals surface area (Å²) in [5, 5.41) is 14.9. The number of halogens is 5. The summed E-state index contributed by atoms with van der Waals surface area (Å²) >= 11 is 9.53. The van der Waals surface area contributed by atoms with E-state index in [1.54, 1.807) is 6.92 Å². The molecule has 8 heteroatoms. The summed E-state index contributed by atoms with van der Waals surface area (Å²) in [6.07, 6.45) is -5.08. The molecule has 0 aliphatic rings. The Bertz CT molecular complexity index is 116. The van der Waals surface area contributed by atoms with Crippen LogP contribution in [0.4, 0.5) is 13.2 Å². The Hall–Kier alpha value is -0.200. The van der Waals surface area contributed by atoms with Crippen molar-refractivity contribution < 1.29 is 28.2 Å². The second-order valence-corrected chi connectivity index (χ2v) is 2.03. The molecule has 0 aliphatic carbocycles. The Morgan fingerprint density at radius 3 is 1.46 bits per heavy atom. The minimum absolute atomic E-state index is 0.194. The molecule has 82 valence electrons. The van der Waals surface area contributed by atoms with Crippen LogP contribution in [0.15, 0.2) is 0 Å². The molecule has 0 fully saturated rings. The molecular weight excluding hydrogens is 236 g/mol. The van der Waals surface area contributed by atoms with Crippen LogP contribution in [0.2, 0.25) is 0 Å². The quantitative estimate of drug-likeness (QED) is 0.642. The van der Waals surface area contributed by atoms with E-state index < -0.39 is 12.1 Å². The summed E-state index contributed by atoms with van der Waals surface area (Å²) in [4.78, 5) is 8.90. The fourth-order valence-electron chi connectivity index (χ4n) is 0. The molecule has 0 unspecified atom stereocenters. The minimum atomic E-state index is -5.08. The van der Waals surface area contributed by atoms with Gasteiger partial charge in [0, 0.05) is 6.61 Å². The number of aliphatic hydroxyl groups excluding tert-OH is 1. The predicted octanol–water partition coefficient (Wildman–Crippen LogP) is 2.05. The third-order valence-electron chi connectivity index (χ3n) is 0.243. The summed E-state index contributed by atoms with van der Waals surface area (Å²) in [7, 11) is 0. The SMILES string of the molecule is CCO.ClCCl.O=C(O)C(F)(F)F. The maximum Gasteiger partial charge on any atom is 0.490 e. The normalized spacial score (nSPS) is 8.85. The summed E-state index contributed by atoms with van der Waals surface area (Å²) in [6.45, 7) is 1.93. The van der Waals surface area contributed by atoms with Crippen LogP contribution in [-0.4, -0.2) is 34.3 Å². The number of hydrogen-bond donors (Lipinski definition) is 2. The zero-order valence-electron chi connectivity index (χ0n) is 6.61. The van der Waals surface area contributed by atoms with Crippen LogP contribution in [0.5, 0.6) is 0 Å². The van der Waals surface area contributed by atoms with Gasteiger partial charge in [0.15, 0.2) is 0 Å². The lowest BCUT2D eigenvalue weighted by Gasteiger charge is -1.93. The van der Waals surface area contributed by atoms with Gasteiger partial charge in [0.2, 0.25) is 0 Å². The average Bonchev–Trinajstić information content (AvgIpc) is 1.88. The van der Waals surface area contributed by atoms with E-state index in [4.69, 9.17) is 38.2 Å². The number of carboxylic acids is 1. The minimum Gasteiger partial charge on any atom is -0.475 e. The van der Waals surface area contributed by atoms with Crippen LogP contribution in [-0.2, 0) is 4.79 Å². The number of hydrogen-bond acceptors (Lipinski definition) is 2. The lowest BCUT2D eigenvalue weighted by Crippen LogP contribution is -2.21. The first kappa shape index (κ1) is 18.6. The third-order valence-corrected chi connectivity index (χ3v) is 0.243. The molecule has 0 radical (unpaired) electrons. The molecule has 0 aromatic rings. The second-order valence-electron chi connectivity index (χ2n) is 1.22. The third kappa shape index (κ3) is 33.7. The van der Waals surface area contributed by atoms with Gasteiger partial charge in [-0.25, -0.2) is 4.79 Å². The molecule has 0 saturated heterocycles. The number of rotatable bonds is 0. The fourth-order valence-corrected chi connectivity index (χ4v) is 0. The Morgan fingerprint density at radius 1 is 1.38 bits per heavy atom. The predicted molar refractivity (Wildman–Crippen MR) is 43.0 cm³/mol. The standard InChI is InChI=1S/C2HF3O2.C2H6O.CH2Cl2/c3-2(4,5)1(6)7;1-2-3;2-1-3/h(H,6,7);3H,2H2,1H3;1H2. The lowest BCUT2D eigenvalue weighted by molar-refractivity contribution is -0.192. The van der Waals surface area contributed by atoms with E-state index in [1.807, 2.05) is 0 Å². The second kappa shape index (κ2) is 11.8. The van der Waals surface area contributed by atoms with Gasteiger partial charge in [-0.15, -0.1) is 23.2 Å². The van der Waals surface area contributed by atoms with Crippen LogP contribution >= 0.6 is 23.2 Å². The molecule has 2 N–H and O–H groups in total. The molecule has 0 rings (SSSR count). The summed E-state index contributed by atoms with van der Waals surface area (Å²) in [5.41, 5.74) is 0. The maximum atomic E-state index is 10.6. The highest BCUT2D eigenvalue weighted by Crippen LogP contribution is 2.13. The Kier molecular flexibility index (Phi) is 16.8. The number of carbonyl (C=O) groups is 1. The Balaban J connectivity index is -0.000000140. The maximum absolute atomic E-state index is 10.6. The molecule has 0 spiro atoms. The number of carboxylic acid groups (broad SMARTS) is 1. The fraction of sp³-hybridized carbons (Fsp3) is 0.800. The number of alkyl halides is 5. The Morgan fingerprint density at radius 2 is 1.46 bits per heavy atom. The molecule has 0 bridgehead atoms. The van der Waals surface area contributed by atoms with Crippen molar-refractivity contribution in [1.29, 1.82) is 0 Å². The van der Waals surface area contributed by atoms with E-state index >= 15 is 0 Å². The van der Waals surface area contributed by atoms with Crippen LogP contribution in [0.1, 0.15) is 6.92 Å². The van der Waals surface area contributed by atoms with Crippen molar-refractivity contribution in [2.24, 2.45) is 0 Å². The van der Waals surface area contributed by atoms with Gasteiger partial charge >= 0.3 is 12.1 Å². The van der Waals surface area contributed by atoms with E-state index in [9.17, 15) is 13.2 Å². The van der Waals surface area contributed by atoms with Gasteiger partial charge in [0.25, 0.3) is 0 Å². The highest BCUT2D eigenvalue weighted by molar-refractivity contribution is 6.40. The first-order valence-corrected chi connectivity index (χ1v) is 3.87. The number of aliphatic carboxylic acids is 1. The first-order valence-electron chi connectivity index (χ1n) is 2.80. The molecule has 0 heterocycles. The molecule has 0 amide bonds. The zero-order chi connectivity index (χ0) is 11.5. The zero-order valence-corrected chi connectivity index (χ0v) is 8.12. The van der Waals surface area contributed by atoms with Crippen LogP contribution in [0.25, 0.3) is 0 Å². The summed E-state index contributed by atoms with van der Waals surface area (Å²) < 4.78 is 31.7. The molecule has 0 saturated carbocycles. The van der Waals surface area contributed by atoms with Gasteiger partial charge < -0.3 is 10.2 Å². The smallest absolute Gasteiger partial charge is 0.475 e. The largest absolute Gasteiger partial charge is 0.490 e. The lowest BCUT2D eigenvalue weighted by atomic mass is 10.7. The van der Waals surface area contributed by atoms with Crippen LogP contribution in [0.3, 0.4) is 0 Å². The average molecular weight is 245 g/mol. The van der Waals surface area contributed by atoms with Crippen molar-refractivity contribution in [2.45, 2.75) is 13.1 Å². The molecule has 0 aromatic heterocycles. The Labute approximate surface area is 83.1 Å². The van der Waals surface area contributed by atoms with Gasteiger partial charge in [0.05, 0.1) is 5.34 Å². The molecule has 0 aromatic carbocycles. The van der Waals surface area contributed by atoms with Crippen molar-refractivity contribution in [1.82, 2.24) is 0 Å². The van der Waals surface area contributed by atoms with Crippen molar-refractivity contribution in [2.75, 3.05) is 11.9 Å². The van der Waals surface area contributed by atoms with Gasteiger partial charge in [-0.05, 0) is 6.92 Å². The van der Waals surface area contributed by atoms with Crippen molar-refractivity contribution in [3.63, 3.8) is 0 Å². The van der Waals surface area contributed by atoms with Crippen LogP contribution < -0.4 is 0 Å². The highest BCUT2D eigenvalue weighted by Gasteiger charge is 2.38. The van der Waals surface area contributed by atoms with E-state index in [-0.39, 0.29) is 11.9 Å². The van der Waals surface area contributed by atoms with Gasteiger partial charge in [-0.1, -0.05) is 0 Å². The molecule has 13 heavy (non-hydrogen) atoms.